The van der Waals surface area contributed by atoms with Crippen LogP contribution in [0, 0.1) is 0 Å². The first-order chi connectivity index (χ1) is 55.5. The molecule has 0 bridgehead atoms. The van der Waals surface area contributed by atoms with Gasteiger partial charge in [-0.2, -0.15) is 0 Å². The van der Waals surface area contributed by atoms with Crippen LogP contribution in [0.25, 0.3) is 200 Å². The monoisotopic (exact) mass is 1430 g/mol. The molecule has 8 aromatic heterocycles. The lowest BCUT2D eigenvalue weighted by atomic mass is 9.99. The fraction of sp³-hybridized carbons (Fsp3) is 0. The van der Waals surface area contributed by atoms with Crippen LogP contribution in [0.1, 0.15) is 0 Å². The van der Waals surface area contributed by atoms with Gasteiger partial charge in [0.15, 0.2) is 0 Å². The van der Waals surface area contributed by atoms with Gasteiger partial charge in [-0.05, 0) is 202 Å². The summed E-state index contributed by atoms with van der Waals surface area (Å²) in [7, 11) is 0. The second kappa shape index (κ2) is 27.6. The van der Waals surface area contributed by atoms with Crippen LogP contribution in [0.2, 0.25) is 0 Å². The fourth-order valence-electron chi connectivity index (χ4n) is 16.7. The van der Waals surface area contributed by atoms with E-state index in [-0.39, 0.29) is 0 Å². The highest BCUT2D eigenvalue weighted by Gasteiger charge is 2.22. The van der Waals surface area contributed by atoms with Crippen LogP contribution in [0.4, 0.5) is 0 Å². The van der Waals surface area contributed by atoms with Crippen LogP contribution in [0.15, 0.2) is 413 Å². The Bertz CT molecular complexity index is 6790. The third kappa shape index (κ3) is 11.6. The predicted octanol–water partition coefficient (Wildman–Crippen LogP) is 26.7. The number of benzene rings is 14. The summed E-state index contributed by atoms with van der Waals surface area (Å²) < 4.78 is 9.40. The number of aromatic nitrogens is 8. The SMILES string of the molecule is c1ccc(-c2cc(-c3cccc(-n4c5ccccc5c5cc(-c6ccc7c(c6)c6ncccc6n7-c6ccccc6)ccc54)c3)cc(-c3ccccc3)n2)cc1.c1ccc(-c2cc(-c3ccccc3)nc(-c3cccc(-n4c5ccccc5c5cc(-c6ccc7c(c6)c6ncccc6n7-c6ccccc6)ccc54)c3)c2)cc1. The second-order valence-corrected chi connectivity index (χ2v) is 28.5. The molecule has 0 aliphatic carbocycles. The van der Waals surface area contributed by atoms with Gasteiger partial charge in [0.05, 0.1) is 77.9 Å². The summed E-state index contributed by atoms with van der Waals surface area (Å²) in [5, 5.41) is 7.15. The number of rotatable bonds is 12. The molecule has 0 saturated carbocycles. The number of pyridine rings is 4. The predicted molar refractivity (Wildman–Crippen MR) is 465 cm³/mol. The zero-order valence-electron chi connectivity index (χ0n) is 60.8. The molecule has 8 heteroatoms. The van der Waals surface area contributed by atoms with Gasteiger partial charge in [0.1, 0.15) is 0 Å². The van der Waals surface area contributed by atoms with Crippen molar-refractivity contribution in [1.82, 2.24) is 38.2 Å². The summed E-state index contributed by atoms with van der Waals surface area (Å²) in [4.78, 5) is 20.1. The third-order valence-corrected chi connectivity index (χ3v) is 21.9. The minimum atomic E-state index is 0.939. The Morgan fingerprint density at radius 2 is 0.429 bits per heavy atom. The van der Waals surface area contributed by atoms with Crippen LogP contribution in [-0.2, 0) is 0 Å². The van der Waals surface area contributed by atoms with Crippen LogP contribution in [0.3, 0.4) is 0 Å². The van der Waals surface area contributed by atoms with Crippen molar-refractivity contribution in [1.29, 1.82) is 0 Å². The second-order valence-electron chi connectivity index (χ2n) is 28.5. The summed E-state index contributed by atoms with van der Waals surface area (Å²) in [5.41, 5.74) is 33.0. The Morgan fingerprint density at radius 1 is 0.152 bits per heavy atom. The van der Waals surface area contributed by atoms with E-state index in [1.54, 1.807) is 0 Å². The standard InChI is InChI=1S/2C52H34N4/c1-4-14-35(15-5-1)40-33-46(36-16-6-2-7-17-36)54-47(34-40)39-18-12-21-42(30-39)56-48-23-11-10-22-43(48)44-31-37(25-27-49(44)56)38-26-28-50-45(32-38)52-51(24-13-29-53-52)55(50)41-19-8-3-9-20-41;1-4-14-35(15-5-1)46-33-40(34-47(54-46)36-16-6-2-7-17-36)37-18-12-21-42(30-37)56-48-23-11-10-22-43(48)44-31-38(25-27-49(44)56)39-26-28-50-45(32-39)52-51(24-13-29-53-52)55(50)41-19-8-3-9-20-41/h2*1-34H. The van der Waals surface area contributed by atoms with Crippen molar-refractivity contribution < 1.29 is 0 Å². The summed E-state index contributed by atoms with van der Waals surface area (Å²) in [6, 6.07) is 143. The molecule has 0 atom stereocenters. The number of hydrogen-bond acceptors (Lipinski definition) is 4. The van der Waals surface area contributed by atoms with Gasteiger partial charge in [-0.15, -0.1) is 0 Å². The topological polar surface area (TPSA) is 71.3 Å². The Kier molecular flexibility index (Phi) is 16.1. The molecule has 22 aromatic rings. The van der Waals surface area contributed by atoms with E-state index >= 15 is 0 Å². The maximum atomic E-state index is 5.24. The molecule has 8 nitrogen and oxygen atoms in total. The molecule has 0 unspecified atom stereocenters. The molecule has 112 heavy (non-hydrogen) atoms. The maximum absolute atomic E-state index is 5.24. The van der Waals surface area contributed by atoms with Crippen molar-refractivity contribution in [2.75, 3.05) is 0 Å². The zero-order valence-corrected chi connectivity index (χ0v) is 60.8. The van der Waals surface area contributed by atoms with Crippen LogP contribution >= 0.6 is 0 Å². The van der Waals surface area contributed by atoms with E-state index < -0.39 is 0 Å². The van der Waals surface area contributed by atoms with E-state index in [0.29, 0.717) is 0 Å². The van der Waals surface area contributed by atoms with Crippen LogP contribution in [-0.4, -0.2) is 38.2 Å². The minimum Gasteiger partial charge on any atom is -0.309 e. The molecule has 22 rings (SSSR count). The molecular formula is C104H68N8. The van der Waals surface area contributed by atoms with E-state index in [4.69, 9.17) is 19.9 Å². The van der Waals surface area contributed by atoms with E-state index in [2.05, 4.69) is 388 Å². The molecule has 0 aliphatic rings. The van der Waals surface area contributed by atoms with Gasteiger partial charge < -0.3 is 18.3 Å². The lowest BCUT2D eigenvalue weighted by Crippen LogP contribution is -1.96. The first kappa shape index (κ1) is 65.2. The zero-order chi connectivity index (χ0) is 74.0. The molecule has 14 aromatic carbocycles. The van der Waals surface area contributed by atoms with Crippen molar-refractivity contribution >= 4 is 87.5 Å². The molecule has 8 heterocycles. The average molecular weight is 1430 g/mol. The van der Waals surface area contributed by atoms with Crippen molar-refractivity contribution in [2.45, 2.75) is 0 Å². The number of para-hydroxylation sites is 4. The van der Waals surface area contributed by atoms with Crippen molar-refractivity contribution in [3.63, 3.8) is 0 Å². The largest absolute Gasteiger partial charge is 0.309 e. The summed E-state index contributed by atoms with van der Waals surface area (Å²) in [6.45, 7) is 0. The molecule has 0 fully saturated rings. The molecular weight excluding hydrogens is 1360 g/mol. The fourth-order valence-corrected chi connectivity index (χ4v) is 16.7. The average Bonchev–Trinajstić information content (AvgIpc) is 1.59. The Hall–Kier alpha value is -15.1. The first-order valence-electron chi connectivity index (χ1n) is 38.0. The molecule has 524 valence electrons. The van der Waals surface area contributed by atoms with E-state index in [9.17, 15) is 0 Å². The van der Waals surface area contributed by atoms with Gasteiger partial charge in [0.2, 0.25) is 0 Å². The van der Waals surface area contributed by atoms with Gasteiger partial charge in [0.25, 0.3) is 0 Å². The van der Waals surface area contributed by atoms with Gasteiger partial charge >= 0.3 is 0 Å². The number of nitrogens with zero attached hydrogens (tertiary/aromatic N) is 8. The van der Waals surface area contributed by atoms with E-state index in [0.717, 1.165) is 145 Å². The summed E-state index contributed by atoms with van der Waals surface area (Å²) >= 11 is 0. The smallest absolute Gasteiger partial charge is 0.0963 e. The highest BCUT2D eigenvalue weighted by Crippen LogP contribution is 2.43. The quantitative estimate of drug-likeness (QED) is 0.122. The Morgan fingerprint density at radius 3 is 0.848 bits per heavy atom. The van der Waals surface area contributed by atoms with Crippen molar-refractivity contribution in [3.05, 3.63) is 413 Å². The lowest BCUT2D eigenvalue weighted by Gasteiger charge is -2.13. The number of fused-ring (bicyclic) bond motifs is 12. The molecule has 0 saturated heterocycles. The Balaban J connectivity index is 0.000000141. The molecule has 0 spiro atoms. The van der Waals surface area contributed by atoms with Gasteiger partial charge in [-0.1, -0.05) is 243 Å². The van der Waals surface area contributed by atoms with Crippen molar-refractivity contribution in [2.24, 2.45) is 0 Å². The normalized spacial score (nSPS) is 11.6. The van der Waals surface area contributed by atoms with E-state index in [1.165, 1.54) is 54.8 Å². The Labute approximate surface area is 646 Å². The lowest BCUT2D eigenvalue weighted by molar-refractivity contribution is 1.17. The number of hydrogen-bond donors (Lipinski definition) is 0. The maximum Gasteiger partial charge on any atom is 0.0963 e. The molecule has 0 amide bonds. The van der Waals surface area contributed by atoms with Crippen molar-refractivity contribution in [3.8, 4) is 112 Å². The molecule has 0 aliphatic heterocycles. The van der Waals surface area contributed by atoms with Gasteiger partial charge in [-0.3, -0.25) is 9.97 Å². The summed E-state index contributed by atoms with van der Waals surface area (Å²) in [6.07, 6.45) is 3.77. The highest BCUT2D eigenvalue weighted by atomic mass is 15.0. The first-order valence-corrected chi connectivity index (χ1v) is 38.0. The van der Waals surface area contributed by atoms with Gasteiger partial charge in [0, 0.05) is 89.7 Å². The third-order valence-electron chi connectivity index (χ3n) is 21.9. The van der Waals surface area contributed by atoms with Crippen LogP contribution in [0.5, 0.6) is 0 Å². The molecule has 0 N–H and O–H groups in total. The molecule has 0 radical (unpaired) electrons. The highest BCUT2D eigenvalue weighted by molar-refractivity contribution is 6.14. The van der Waals surface area contributed by atoms with Crippen LogP contribution < -0.4 is 0 Å². The minimum absolute atomic E-state index is 0.939. The van der Waals surface area contributed by atoms with E-state index in [1.807, 2.05) is 42.7 Å². The van der Waals surface area contributed by atoms with Gasteiger partial charge in [-0.25, -0.2) is 9.97 Å². The summed E-state index contributed by atoms with van der Waals surface area (Å²) in [5.74, 6) is 0.